The normalized spacial score (nSPS) is 18.6. The monoisotopic (exact) mass is 936 g/mol. The van der Waals surface area contributed by atoms with Crippen LogP contribution in [0.5, 0.6) is 28.7 Å². The van der Waals surface area contributed by atoms with Gasteiger partial charge in [0.25, 0.3) is 0 Å². The fraction of sp³-hybridized carbons (Fsp3) is 0.204. The number of rotatable bonds is 8. The minimum absolute atomic E-state index is 0.0325. The Labute approximate surface area is 391 Å². The Morgan fingerprint density at radius 1 is 0.462 bits per heavy atom. The van der Waals surface area contributed by atoms with Crippen LogP contribution in [0.25, 0.3) is 0 Å². The van der Waals surface area contributed by atoms with Crippen molar-refractivity contribution in [2.24, 2.45) is 17.8 Å². The standard InChI is InChI=1S/C19H15ClN2O3.C17H21ClN2O2.C13H11ClN2O2/c20-13-6-11-18(23)17(12-13)22-19(24)21-14-7-9-16(10-8-14)25-15-4-2-1-3-5-15;18-13-1-2-15(21)14(6-13)19-16(22)20-17-7-10-3-11(8-17)5-12(4-10)9-17;14-9-6-7-12(17)11(8-9)16-13(18)15-10-4-2-1-3-5-10/h1-12,23H,(H2,21,22,24);1-2,6,10-12,21H,3-5,7-9H2,(H2,19,20,22);1-8,17H,(H2,15,16,18). The number of urea groups is 3. The van der Waals surface area contributed by atoms with E-state index in [1.807, 2.05) is 48.5 Å². The molecule has 0 saturated heterocycles. The number of carbonyl (C=O) groups is 3. The van der Waals surface area contributed by atoms with E-state index in [1.165, 1.54) is 61.7 Å². The Morgan fingerprint density at radius 3 is 1.26 bits per heavy atom. The van der Waals surface area contributed by atoms with Crippen molar-refractivity contribution in [1.29, 1.82) is 0 Å². The predicted octanol–water partition coefficient (Wildman–Crippen LogP) is 13.3. The number of para-hydroxylation sites is 2. The number of phenols is 3. The number of hydrogen-bond acceptors (Lipinski definition) is 7. The Balaban J connectivity index is 0.000000147. The van der Waals surface area contributed by atoms with Crippen molar-refractivity contribution >= 4 is 81.3 Å². The first-order valence-electron chi connectivity index (χ1n) is 20.9. The number of hydrogen-bond donors (Lipinski definition) is 9. The zero-order chi connectivity index (χ0) is 45.9. The fourth-order valence-corrected chi connectivity index (χ4v) is 9.32. The minimum atomic E-state index is -0.491. The number of nitrogens with one attached hydrogen (secondary N) is 6. The van der Waals surface area contributed by atoms with Gasteiger partial charge < -0.3 is 52.0 Å². The van der Waals surface area contributed by atoms with E-state index in [4.69, 9.17) is 39.5 Å². The van der Waals surface area contributed by atoms with Gasteiger partial charge in [0.15, 0.2) is 0 Å². The third-order valence-electron chi connectivity index (χ3n) is 11.2. The highest BCUT2D eigenvalue weighted by Gasteiger charge is 2.51. The molecule has 6 amide bonds. The third kappa shape index (κ3) is 13.4. The molecule has 6 aromatic rings. The summed E-state index contributed by atoms with van der Waals surface area (Å²) in [7, 11) is 0. The molecule has 336 valence electrons. The summed E-state index contributed by atoms with van der Waals surface area (Å²) in [5.74, 6) is 3.67. The van der Waals surface area contributed by atoms with Gasteiger partial charge in [-0.3, -0.25) is 0 Å². The summed E-state index contributed by atoms with van der Waals surface area (Å²) in [5.41, 5.74) is 2.06. The van der Waals surface area contributed by atoms with Gasteiger partial charge in [0.1, 0.15) is 28.7 Å². The van der Waals surface area contributed by atoms with Gasteiger partial charge in [0, 0.05) is 32.0 Å². The summed E-state index contributed by atoms with van der Waals surface area (Å²) in [4.78, 5) is 36.1. The van der Waals surface area contributed by atoms with E-state index in [2.05, 4.69) is 31.9 Å². The summed E-state index contributed by atoms with van der Waals surface area (Å²) >= 11 is 17.5. The molecule has 9 N–H and O–H groups in total. The Morgan fingerprint density at radius 2 is 0.831 bits per heavy atom. The summed E-state index contributed by atoms with van der Waals surface area (Å²) in [6.45, 7) is 0. The zero-order valence-electron chi connectivity index (χ0n) is 34.9. The highest BCUT2D eigenvalue weighted by atomic mass is 35.5. The molecule has 0 aliphatic heterocycles. The van der Waals surface area contributed by atoms with E-state index in [-0.39, 0.29) is 40.2 Å². The van der Waals surface area contributed by atoms with Gasteiger partial charge in [-0.2, -0.15) is 0 Å². The van der Waals surface area contributed by atoms with Crippen LogP contribution in [0, 0.1) is 17.8 Å². The van der Waals surface area contributed by atoms with E-state index in [9.17, 15) is 29.7 Å². The lowest BCUT2D eigenvalue weighted by molar-refractivity contribution is -0.0127. The number of aromatic hydroxyl groups is 3. The molecule has 4 saturated carbocycles. The molecule has 6 aromatic carbocycles. The Bertz CT molecular complexity index is 2570. The maximum absolute atomic E-state index is 12.4. The zero-order valence-corrected chi connectivity index (χ0v) is 37.1. The van der Waals surface area contributed by atoms with Crippen LogP contribution < -0.4 is 36.6 Å². The van der Waals surface area contributed by atoms with Crippen LogP contribution in [-0.4, -0.2) is 39.0 Å². The van der Waals surface area contributed by atoms with Crippen molar-refractivity contribution in [1.82, 2.24) is 5.32 Å². The van der Waals surface area contributed by atoms with Crippen LogP contribution in [0.15, 0.2) is 140 Å². The Hall–Kier alpha value is -6.80. The number of amides is 6. The Kier molecular flexibility index (Phi) is 15.1. The molecule has 0 radical (unpaired) electrons. The van der Waals surface area contributed by atoms with Crippen LogP contribution in [0.1, 0.15) is 38.5 Å². The highest BCUT2D eigenvalue weighted by molar-refractivity contribution is 6.31. The second-order valence-electron chi connectivity index (χ2n) is 16.2. The van der Waals surface area contributed by atoms with Crippen LogP contribution in [0.2, 0.25) is 15.1 Å². The molecule has 0 unspecified atom stereocenters. The van der Waals surface area contributed by atoms with Crippen LogP contribution in [-0.2, 0) is 0 Å². The summed E-state index contributed by atoms with van der Waals surface area (Å²) in [5, 5.41) is 46.7. The van der Waals surface area contributed by atoms with E-state index in [0.29, 0.717) is 37.9 Å². The average Bonchev–Trinajstić information content (AvgIpc) is 3.26. The molecule has 0 heterocycles. The number of anilines is 5. The molecule has 16 heteroatoms. The van der Waals surface area contributed by atoms with Gasteiger partial charge in [-0.1, -0.05) is 71.2 Å². The molecule has 13 nitrogen and oxygen atoms in total. The molecule has 4 aliphatic rings. The maximum atomic E-state index is 12.4. The summed E-state index contributed by atoms with van der Waals surface area (Å²) < 4.78 is 5.69. The lowest BCUT2D eigenvalue weighted by atomic mass is 9.53. The molecule has 4 fully saturated rings. The quantitative estimate of drug-likeness (QED) is 0.0678. The van der Waals surface area contributed by atoms with Crippen molar-refractivity contribution in [2.75, 3.05) is 26.6 Å². The number of benzene rings is 6. The molecular weight excluding hydrogens is 891 g/mol. The number of phenolic OH excluding ortho intramolecular Hbond substituents is 3. The second kappa shape index (κ2) is 21.3. The molecule has 4 aliphatic carbocycles. The second-order valence-corrected chi connectivity index (χ2v) is 17.5. The topological polar surface area (TPSA) is 193 Å². The minimum Gasteiger partial charge on any atom is -0.506 e. The van der Waals surface area contributed by atoms with Crippen molar-refractivity contribution in [2.45, 2.75) is 44.1 Å². The molecule has 0 aromatic heterocycles. The van der Waals surface area contributed by atoms with Crippen LogP contribution in [0.4, 0.5) is 42.8 Å². The first kappa shape index (κ1) is 46.2. The average molecular weight is 938 g/mol. The maximum Gasteiger partial charge on any atom is 0.323 e. The van der Waals surface area contributed by atoms with Gasteiger partial charge in [0.2, 0.25) is 0 Å². The number of carbonyl (C=O) groups excluding carboxylic acids is 3. The lowest BCUT2D eigenvalue weighted by Gasteiger charge is -2.56. The van der Waals surface area contributed by atoms with Gasteiger partial charge in [0.05, 0.1) is 17.1 Å². The van der Waals surface area contributed by atoms with Gasteiger partial charge in [-0.15, -0.1) is 0 Å². The molecule has 4 bridgehead atoms. The number of halogens is 3. The van der Waals surface area contributed by atoms with Crippen LogP contribution >= 0.6 is 34.8 Å². The fourth-order valence-electron chi connectivity index (χ4n) is 8.81. The van der Waals surface area contributed by atoms with Gasteiger partial charge in [-0.25, -0.2) is 14.4 Å². The van der Waals surface area contributed by atoms with Crippen molar-refractivity contribution in [3.05, 3.63) is 155 Å². The molecular formula is C49H47Cl3N6O7. The largest absolute Gasteiger partial charge is 0.506 e. The lowest BCUT2D eigenvalue weighted by Crippen LogP contribution is -2.60. The molecule has 0 atom stereocenters. The van der Waals surface area contributed by atoms with Crippen molar-refractivity contribution in [3.63, 3.8) is 0 Å². The first-order chi connectivity index (χ1) is 31.3. The first-order valence-corrected chi connectivity index (χ1v) is 22.0. The smallest absolute Gasteiger partial charge is 0.323 e. The van der Waals surface area contributed by atoms with E-state index < -0.39 is 12.1 Å². The third-order valence-corrected chi connectivity index (χ3v) is 11.9. The van der Waals surface area contributed by atoms with E-state index in [0.717, 1.165) is 42.8 Å². The van der Waals surface area contributed by atoms with E-state index in [1.54, 1.807) is 48.5 Å². The highest BCUT2D eigenvalue weighted by Crippen LogP contribution is 2.55. The molecule has 0 spiro atoms. The summed E-state index contributed by atoms with van der Waals surface area (Å²) in [6.07, 6.45) is 7.35. The van der Waals surface area contributed by atoms with Crippen LogP contribution in [0.3, 0.4) is 0 Å². The summed E-state index contributed by atoms with van der Waals surface area (Å²) in [6, 6.07) is 37.7. The van der Waals surface area contributed by atoms with Gasteiger partial charge in [-0.05, 0) is 159 Å². The predicted molar refractivity (Wildman–Crippen MR) is 257 cm³/mol. The SMILES string of the molecule is O=C(Nc1cc(Cl)ccc1O)NC12CC3CC(CC(C3)C1)C2.O=C(Nc1ccc(Oc2ccccc2)cc1)Nc1cc(Cl)ccc1O.O=C(Nc1ccccc1)Nc1cc(Cl)ccc1O. The number of ether oxygens (including phenoxy) is 1. The molecule has 10 rings (SSSR count). The van der Waals surface area contributed by atoms with Gasteiger partial charge >= 0.3 is 18.1 Å². The van der Waals surface area contributed by atoms with E-state index >= 15 is 0 Å². The van der Waals surface area contributed by atoms with Crippen molar-refractivity contribution in [3.8, 4) is 28.7 Å². The van der Waals surface area contributed by atoms with Crippen molar-refractivity contribution < 1.29 is 34.4 Å². The molecule has 65 heavy (non-hydrogen) atoms.